The molecule has 1 unspecified atom stereocenters. The molecule has 2 aliphatic rings. The zero-order valence-corrected chi connectivity index (χ0v) is 19.2. The highest BCUT2D eigenvalue weighted by Crippen LogP contribution is 2.39. The number of piperidine rings is 1. The van der Waals surface area contributed by atoms with Gasteiger partial charge in [0.15, 0.2) is 0 Å². The first-order valence-electron chi connectivity index (χ1n) is 10.6. The van der Waals surface area contributed by atoms with E-state index in [-0.39, 0.29) is 4.90 Å². The molecule has 31 heavy (non-hydrogen) atoms. The monoisotopic (exact) mass is 461 g/mol. The van der Waals surface area contributed by atoms with Crippen LogP contribution in [0.15, 0.2) is 29.2 Å². The minimum atomic E-state index is -3.55. The lowest BCUT2D eigenvalue weighted by atomic mass is 9.87. The van der Waals surface area contributed by atoms with Gasteiger partial charge in [-0.05, 0) is 67.9 Å². The van der Waals surface area contributed by atoms with Crippen LogP contribution >= 0.6 is 11.3 Å². The van der Waals surface area contributed by atoms with Crippen molar-refractivity contribution in [3.63, 3.8) is 0 Å². The van der Waals surface area contributed by atoms with E-state index in [1.165, 1.54) is 39.9 Å². The molecule has 166 valence electrons. The van der Waals surface area contributed by atoms with E-state index in [9.17, 15) is 18.0 Å². The number of carbonyl (C=O) groups excluding carboxylic acids is 2. The molecule has 1 aromatic carbocycles. The van der Waals surface area contributed by atoms with Gasteiger partial charge in [0.2, 0.25) is 10.0 Å². The van der Waals surface area contributed by atoms with Gasteiger partial charge in [-0.25, -0.2) is 8.42 Å². The van der Waals surface area contributed by atoms with Crippen LogP contribution in [0.2, 0.25) is 0 Å². The molecule has 1 fully saturated rings. The number of nitrogens with two attached hydrogens (primary N) is 1. The Morgan fingerprint density at radius 3 is 2.45 bits per heavy atom. The average Bonchev–Trinajstić information content (AvgIpc) is 3.11. The minimum Gasteiger partial charge on any atom is -0.365 e. The lowest BCUT2D eigenvalue weighted by molar-refractivity contribution is 0.1000. The summed E-state index contributed by atoms with van der Waals surface area (Å²) >= 11 is 1.41. The maximum atomic E-state index is 12.8. The molecule has 1 aliphatic carbocycles. The van der Waals surface area contributed by atoms with Crippen molar-refractivity contribution < 1.29 is 18.0 Å². The van der Waals surface area contributed by atoms with Gasteiger partial charge in [0, 0.05) is 23.5 Å². The Bertz CT molecular complexity index is 1100. The van der Waals surface area contributed by atoms with Crippen molar-refractivity contribution in [2.75, 3.05) is 18.4 Å². The number of hydrogen-bond acceptors (Lipinski definition) is 5. The molecule has 1 aliphatic heterocycles. The van der Waals surface area contributed by atoms with Crippen LogP contribution in [0.1, 0.15) is 63.8 Å². The van der Waals surface area contributed by atoms with Gasteiger partial charge >= 0.3 is 0 Å². The topological polar surface area (TPSA) is 110 Å². The van der Waals surface area contributed by atoms with Crippen molar-refractivity contribution >= 4 is 38.2 Å². The molecule has 9 heteroatoms. The van der Waals surface area contributed by atoms with Crippen LogP contribution in [0.5, 0.6) is 0 Å². The number of nitrogens with one attached hydrogen (secondary N) is 1. The minimum absolute atomic E-state index is 0.185. The molecule has 2 heterocycles. The molecular weight excluding hydrogens is 434 g/mol. The SMILES string of the molecule is CC1CCc2sc(NC(=O)c3ccc(S(=O)(=O)N4CCCCC4)cc3)c(C(N)=O)c2C1. The molecule has 3 N–H and O–H groups in total. The number of rotatable bonds is 5. The van der Waals surface area contributed by atoms with Crippen LogP contribution in [0.25, 0.3) is 0 Å². The van der Waals surface area contributed by atoms with Gasteiger partial charge in [-0.2, -0.15) is 4.31 Å². The highest BCUT2D eigenvalue weighted by Gasteiger charge is 2.28. The molecule has 1 aromatic heterocycles. The van der Waals surface area contributed by atoms with E-state index in [0.29, 0.717) is 35.1 Å². The van der Waals surface area contributed by atoms with E-state index >= 15 is 0 Å². The van der Waals surface area contributed by atoms with E-state index in [4.69, 9.17) is 5.73 Å². The normalized spacial score (nSPS) is 19.6. The van der Waals surface area contributed by atoms with Crippen molar-refractivity contribution in [3.8, 4) is 0 Å². The first-order valence-corrected chi connectivity index (χ1v) is 12.9. The second-order valence-corrected chi connectivity index (χ2v) is 11.4. The molecule has 2 aromatic rings. The molecule has 7 nitrogen and oxygen atoms in total. The second kappa shape index (κ2) is 8.72. The number of hydrogen-bond donors (Lipinski definition) is 2. The lowest BCUT2D eigenvalue weighted by Crippen LogP contribution is -2.35. The number of aryl methyl sites for hydroxylation is 1. The van der Waals surface area contributed by atoms with E-state index in [1.54, 1.807) is 0 Å². The standard InChI is InChI=1S/C22H27N3O4S2/c1-14-5-10-18-17(13-14)19(20(23)26)22(30-18)24-21(27)15-6-8-16(9-7-15)31(28,29)25-11-3-2-4-12-25/h6-9,14H,2-5,10-13H2,1H3,(H2,23,26)(H,24,27). The van der Waals surface area contributed by atoms with Gasteiger partial charge in [0.1, 0.15) is 5.00 Å². The fourth-order valence-corrected chi connectivity index (χ4v) is 7.08. The third-order valence-corrected chi connectivity index (χ3v) is 9.17. The maximum absolute atomic E-state index is 12.8. The number of thiophene rings is 1. The van der Waals surface area contributed by atoms with Crippen molar-refractivity contribution in [2.24, 2.45) is 11.7 Å². The van der Waals surface area contributed by atoms with Gasteiger partial charge in [-0.1, -0.05) is 13.3 Å². The summed E-state index contributed by atoms with van der Waals surface area (Å²) in [5.41, 5.74) is 7.31. The van der Waals surface area contributed by atoms with E-state index in [0.717, 1.165) is 49.0 Å². The number of carbonyl (C=O) groups is 2. The van der Waals surface area contributed by atoms with Crippen LogP contribution in [0.4, 0.5) is 5.00 Å². The summed E-state index contributed by atoms with van der Waals surface area (Å²) in [6, 6.07) is 5.95. The predicted octanol–water partition coefficient (Wildman–Crippen LogP) is 3.40. The molecule has 4 rings (SSSR count). The Morgan fingerprint density at radius 1 is 1.13 bits per heavy atom. The Labute approximate surface area is 186 Å². The van der Waals surface area contributed by atoms with Gasteiger partial charge < -0.3 is 11.1 Å². The number of sulfonamides is 1. The second-order valence-electron chi connectivity index (χ2n) is 8.36. The fraction of sp³-hybridized carbons (Fsp3) is 0.455. The Morgan fingerprint density at radius 2 is 1.81 bits per heavy atom. The van der Waals surface area contributed by atoms with Crippen molar-refractivity contribution in [2.45, 2.75) is 50.3 Å². The summed E-state index contributed by atoms with van der Waals surface area (Å²) in [7, 11) is -3.55. The largest absolute Gasteiger partial charge is 0.365 e. The van der Waals surface area contributed by atoms with Crippen LogP contribution in [-0.4, -0.2) is 37.6 Å². The van der Waals surface area contributed by atoms with Gasteiger partial charge in [0.25, 0.3) is 11.8 Å². The molecular formula is C22H27N3O4S2. The Balaban J connectivity index is 1.54. The third-order valence-electron chi connectivity index (χ3n) is 6.05. The maximum Gasteiger partial charge on any atom is 0.256 e. The highest BCUT2D eigenvalue weighted by molar-refractivity contribution is 7.89. The molecule has 2 amide bonds. The fourth-order valence-electron chi connectivity index (χ4n) is 4.31. The van der Waals surface area contributed by atoms with Gasteiger partial charge in [-0.3, -0.25) is 9.59 Å². The summed E-state index contributed by atoms with van der Waals surface area (Å²) in [4.78, 5) is 26.2. The van der Waals surface area contributed by atoms with Crippen LogP contribution in [-0.2, 0) is 22.9 Å². The summed E-state index contributed by atoms with van der Waals surface area (Å²) in [6.07, 6.45) is 5.48. The number of benzene rings is 1. The molecule has 0 bridgehead atoms. The summed E-state index contributed by atoms with van der Waals surface area (Å²) in [6.45, 7) is 3.20. The quantitative estimate of drug-likeness (QED) is 0.711. The van der Waals surface area contributed by atoms with Crippen molar-refractivity contribution in [3.05, 3.63) is 45.8 Å². The zero-order chi connectivity index (χ0) is 22.2. The van der Waals surface area contributed by atoms with E-state index in [2.05, 4.69) is 12.2 Å². The molecule has 0 saturated carbocycles. The van der Waals surface area contributed by atoms with Crippen molar-refractivity contribution in [1.82, 2.24) is 4.31 Å². The number of primary amides is 1. The highest BCUT2D eigenvalue weighted by atomic mass is 32.2. The Kier molecular flexibility index (Phi) is 6.18. The van der Waals surface area contributed by atoms with Crippen LogP contribution in [0, 0.1) is 5.92 Å². The smallest absolute Gasteiger partial charge is 0.256 e. The average molecular weight is 462 g/mol. The van der Waals surface area contributed by atoms with Crippen molar-refractivity contribution in [1.29, 1.82) is 0 Å². The number of nitrogens with zero attached hydrogens (tertiary/aromatic N) is 1. The lowest BCUT2D eigenvalue weighted by Gasteiger charge is -2.25. The van der Waals surface area contributed by atoms with E-state index < -0.39 is 21.8 Å². The molecule has 0 radical (unpaired) electrons. The summed E-state index contributed by atoms with van der Waals surface area (Å²) < 4.78 is 27.1. The van der Waals surface area contributed by atoms with E-state index in [1.807, 2.05) is 0 Å². The number of anilines is 1. The summed E-state index contributed by atoms with van der Waals surface area (Å²) in [5, 5.41) is 3.29. The number of amides is 2. The first kappa shape index (κ1) is 22.0. The van der Waals surface area contributed by atoms with Gasteiger partial charge in [0.05, 0.1) is 10.5 Å². The van der Waals surface area contributed by atoms with Crippen LogP contribution in [0.3, 0.4) is 0 Å². The Hall–Kier alpha value is -2.23. The van der Waals surface area contributed by atoms with Gasteiger partial charge in [-0.15, -0.1) is 11.3 Å². The molecule has 0 spiro atoms. The first-order chi connectivity index (χ1) is 14.8. The zero-order valence-electron chi connectivity index (χ0n) is 17.5. The third kappa shape index (κ3) is 4.40. The molecule has 1 saturated heterocycles. The summed E-state index contributed by atoms with van der Waals surface area (Å²) in [5.74, 6) is -0.459. The predicted molar refractivity (Wildman–Crippen MR) is 121 cm³/mol. The molecule has 1 atom stereocenters. The number of fused-ring (bicyclic) bond motifs is 1. The van der Waals surface area contributed by atoms with Crippen LogP contribution < -0.4 is 11.1 Å².